The minimum atomic E-state index is 0.671. The monoisotopic (exact) mass is 150 g/mol. The third-order valence-electron chi connectivity index (χ3n) is 1.02. The highest BCUT2D eigenvalue weighted by atomic mass is 31.1. The van der Waals surface area contributed by atoms with Crippen LogP contribution >= 0.6 is 8.81 Å². The molecule has 0 amide bonds. The molecule has 0 heterocycles. The van der Waals surface area contributed by atoms with Crippen molar-refractivity contribution in [3.63, 3.8) is 0 Å². The van der Waals surface area contributed by atoms with Crippen molar-refractivity contribution in [3.05, 3.63) is 0 Å². The van der Waals surface area contributed by atoms with Crippen molar-refractivity contribution in [3.8, 4) is 0 Å². The van der Waals surface area contributed by atoms with Crippen LogP contribution in [0, 0.1) is 0 Å². The second kappa shape index (κ2) is 8.35. The first-order chi connectivity index (χ1) is 4.41. The van der Waals surface area contributed by atoms with Gasteiger partial charge in [0.2, 0.25) is 0 Å². The average molecular weight is 150 g/mol. The lowest BCUT2D eigenvalue weighted by atomic mass is 10.4. The molecule has 0 N–H and O–H groups in total. The standard InChI is InChI=1S/C6H15O2P/c1-7-5-3-4-6-9-8-2/h9H,3-6H2,1-2H3. The summed E-state index contributed by atoms with van der Waals surface area (Å²) in [4.78, 5) is 0. The molecule has 0 spiro atoms. The average Bonchev–Trinajstić information content (AvgIpc) is 1.89. The summed E-state index contributed by atoms with van der Waals surface area (Å²) in [7, 11) is 4.15. The lowest BCUT2D eigenvalue weighted by Gasteiger charge is -1.97. The van der Waals surface area contributed by atoms with E-state index >= 15 is 0 Å². The summed E-state index contributed by atoms with van der Waals surface area (Å²) < 4.78 is 9.79. The van der Waals surface area contributed by atoms with Crippen molar-refractivity contribution in [2.45, 2.75) is 12.8 Å². The normalized spacial score (nSPS) is 11.3. The summed E-state index contributed by atoms with van der Waals surface area (Å²) in [6.07, 6.45) is 3.56. The molecule has 3 heteroatoms. The summed E-state index contributed by atoms with van der Waals surface area (Å²) in [6, 6.07) is 0. The number of methoxy groups -OCH3 is 1. The predicted molar refractivity (Wildman–Crippen MR) is 41.3 cm³/mol. The molecule has 0 fully saturated rings. The molecule has 0 aliphatic heterocycles. The first kappa shape index (κ1) is 9.35. The molecule has 0 bridgehead atoms. The first-order valence-electron chi connectivity index (χ1n) is 3.16. The minimum Gasteiger partial charge on any atom is -0.385 e. The molecule has 0 rings (SSSR count). The molecule has 9 heavy (non-hydrogen) atoms. The van der Waals surface area contributed by atoms with Crippen LogP contribution in [-0.4, -0.2) is 27.0 Å². The molecule has 56 valence electrons. The van der Waals surface area contributed by atoms with Gasteiger partial charge in [0.1, 0.15) is 0 Å². The maximum absolute atomic E-state index is 4.91. The van der Waals surface area contributed by atoms with Crippen LogP contribution in [0.2, 0.25) is 0 Å². The van der Waals surface area contributed by atoms with Gasteiger partial charge in [0.15, 0.2) is 0 Å². The fourth-order valence-electron chi connectivity index (χ4n) is 0.546. The van der Waals surface area contributed by atoms with Gasteiger partial charge in [0.25, 0.3) is 0 Å². The first-order valence-corrected chi connectivity index (χ1v) is 4.28. The quantitative estimate of drug-likeness (QED) is 0.423. The fraction of sp³-hybridized carbons (Fsp3) is 1.00. The van der Waals surface area contributed by atoms with Crippen LogP contribution in [0.3, 0.4) is 0 Å². The van der Waals surface area contributed by atoms with Crippen LogP contribution in [0.15, 0.2) is 0 Å². The highest BCUT2D eigenvalue weighted by Gasteiger charge is 1.86. The smallest absolute Gasteiger partial charge is 0.0462 e. The van der Waals surface area contributed by atoms with Crippen LogP contribution in [0.1, 0.15) is 12.8 Å². The Morgan fingerprint density at radius 2 is 2.00 bits per heavy atom. The minimum absolute atomic E-state index is 0.671. The van der Waals surface area contributed by atoms with E-state index in [1.54, 1.807) is 14.2 Å². The third kappa shape index (κ3) is 8.35. The summed E-state index contributed by atoms with van der Waals surface area (Å²) in [5.74, 6) is 0. The molecule has 2 nitrogen and oxygen atoms in total. The molecule has 0 saturated heterocycles. The molecular weight excluding hydrogens is 135 g/mol. The molecule has 0 aliphatic rings. The largest absolute Gasteiger partial charge is 0.385 e. The molecule has 1 unspecified atom stereocenters. The van der Waals surface area contributed by atoms with Crippen molar-refractivity contribution in [1.82, 2.24) is 0 Å². The van der Waals surface area contributed by atoms with Gasteiger partial charge >= 0.3 is 0 Å². The van der Waals surface area contributed by atoms with Crippen LogP contribution in [0.5, 0.6) is 0 Å². The van der Waals surface area contributed by atoms with E-state index < -0.39 is 0 Å². The van der Waals surface area contributed by atoms with E-state index in [1.165, 1.54) is 12.6 Å². The van der Waals surface area contributed by atoms with E-state index in [0.717, 1.165) is 13.0 Å². The van der Waals surface area contributed by atoms with Gasteiger partial charge in [-0.2, -0.15) is 0 Å². The van der Waals surface area contributed by atoms with E-state index in [9.17, 15) is 0 Å². The lowest BCUT2D eigenvalue weighted by Crippen LogP contribution is -1.88. The maximum atomic E-state index is 4.91. The van der Waals surface area contributed by atoms with Crippen molar-refractivity contribution >= 4 is 8.81 Å². The van der Waals surface area contributed by atoms with Crippen molar-refractivity contribution in [2.75, 3.05) is 27.0 Å². The van der Waals surface area contributed by atoms with Gasteiger partial charge in [-0.3, -0.25) is 0 Å². The maximum Gasteiger partial charge on any atom is 0.0462 e. The van der Waals surface area contributed by atoms with Crippen LogP contribution in [-0.2, 0) is 9.26 Å². The van der Waals surface area contributed by atoms with Crippen molar-refractivity contribution in [2.24, 2.45) is 0 Å². The second-order valence-electron chi connectivity index (χ2n) is 1.80. The van der Waals surface area contributed by atoms with E-state index in [4.69, 9.17) is 9.26 Å². The zero-order valence-electron chi connectivity index (χ0n) is 6.14. The Bertz CT molecular complexity index is 44.3. The third-order valence-corrected chi connectivity index (χ3v) is 1.87. The Balaban J connectivity index is 2.60. The summed E-state index contributed by atoms with van der Waals surface area (Å²) in [5, 5.41) is 0. The lowest BCUT2D eigenvalue weighted by molar-refractivity contribution is 0.194. The number of hydrogen-bond donors (Lipinski definition) is 0. The Hall–Kier alpha value is 0.350. The predicted octanol–water partition coefficient (Wildman–Crippen LogP) is 1.65. The molecular formula is C6H15O2P. The molecule has 0 aromatic carbocycles. The van der Waals surface area contributed by atoms with E-state index in [2.05, 4.69) is 0 Å². The van der Waals surface area contributed by atoms with E-state index in [-0.39, 0.29) is 0 Å². The van der Waals surface area contributed by atoms with Crippen molar-refractivity contribution in [1.29, 1.82) is 0 Å². The summed E-state index contributed by atoms with van der Waals surface area (Å²) in [5.41, 5.74) is 0. The Morgan fingerprint density at radius 1 is 1.22 bits per heavy atom. The second-order valence-corrected chi connectivity index (χ2v) is 3.00. The van der Waals surface area contributed by atoms with Crippen LogP contribution in [0.4, 0.5) is 0 Å². The highest BCUT2D eigenvalue weighted by molar-refractivity contribution is 7.32. The Kier molecular flexibility index (Phi) is 8.67. The molecule has 0 radical (unpaired) electrons. The van der Waals surface area contributed by atoms with Gasteiger partial charge in [-0.15, -0.1) is 0 Å². The number of hydrogen-bond acceptors (Lipinski definition) is 2. The van der Waals surface area contributed by atoms with E-state index in [1.807, 2.05) is 0 Å². The fourth-order valence-corrected chi connectivity index (χ4v) is 1.14. The Morgan fingerprint density at radius 3 is 2.56 bits per heavy atom. The molecule has 0 aliphatic carbocycles. The molecule has 0 aromatic heterocycles. The van der Waals surface area contributed by atoms with Gasteiger partial charge in [-0.05, 0) is 19.0 Å². The summed E-state index contributed by atoms with van der Waals surface area (Å²) in [6.45, 7) is 0.883. The van der Waals surface area contributed by atoms with Gasteiger partial charge in [0, 0.05) is 29.6 Å². The van der Waals surface area contributed by atoms with Crippen LogP contribution in [0.25, 0.3) is 0 Å². The molecule has 0 aromatic rings. The molecule has 0 saturated carbocycles. The highest BCUT2D eigenvalue weighted by Crippen LogP contribution is 2.11. The Labute approximate surface area is 58.8 Å². The number of ether oxygens (including phenoxy) is 1. The van der Waals surface area contributed by atoms with Gasteiger partial charge < -0.3 is 9.26 Å². The van der Waals surface area contributed by atoms with Crippen molar-refractivity contribution < 1.29 is 9.26 Å². The zero-order valence-corrected chi connectivity index (χ0v) is 7.14. The van der Waals surface area contributed by atoms with E-state index in [0.29, 0.717) is 8.81 Å². The topological polar surface area (TPSA) is 18.5 Å². The zero-order chi connectivity index (χ0) is 6.95. The number of unbranched alkanes of at least 4 members (excludes halogenated alkanes) is 1. The molecule has 1 atom stereocenters. The van der Waals surface area contributed by atoms with Gasteiger partial charge in [-0.1, -0.05) is 0 Å². The SMILES string of the molecule is COCCCCPOC. The van der Waals surface area contributed by atoms with Gasteiger partial charge in [-0.25, -0.2) is 0 Å². The number of rotatable bonds is 6. The summed E-state index contributed by atoms with van der Waals surface area (Å²) >= 11 is 0. The van der Waals surface area contributed by atoms with Gasteiger partial charge in [0.05, 0.1) is 0 Å². The van der Waals surface area contributed by atoms with Crippen LogP contribution < -0.4 is 0 Å².